The van der Waals surface area contributed by atoms with Crippen LogP contribution in [0.3, 0.4) is 0 Å². The molecule has 0 atom stereocenters. The largest absolute Gasteiger partial charge is 0.378 e. The van der Waals surface area contributed by atoms with Gasteiger partial charge in [0.15, 0.2) is 0 Å². The van der Waals surface area contributed by atoms with Crippen molar-refractivity contribution >= 4 is 45.1 Å². The van der Waals surface area contributed by atoms with E-state index in [0.717, 1.165) is 23.1 Å². The fourth-order valence-corrected chi connectivity index (χ4v) is 3.25. The van der Waals surface area contributed by atoms with E-state index < -0.39 is 0 Å². The molecular formula is C14H12BrCl2N3O. The van der Waals surface area contributed by atoms with E-state index in [1.165, 1.54) is 0 Å². The molecule has 3 rings (SSSR count). The smallest absolute Gasteiger partial charge is 0.228 e. The molecular weight excluding hydrogens is 377 g/mol. The Balaban J connectivity index is 2.02. The summed E-state index contributed by atoms with van der Waals surface area (Å²) in [5.41, 5.74) is 1.52. The van der Waals surface area contributed by atoms with Crippen molar-refractivity contribution in [3.63, 3.8) is 0 Å². The standard InChI is InChI=1S/C14H12BrCl2N3O/c15-10-4-2-1-3-9(10)11-12(16)18-14(19-13(11)17)20-5-7-21-8-6-20/h1-4H,5-8H2. The molecule has 4 nitrogen and oxygen atoms in total. The Kier molecular flexibility index (Phi) is 4.64. The molecule has 1 fully saturated rings. The maximum atomic E-state index is 6.35. The number of ether oxygens (including phenoxy) is 1. The van der Waals surface area contributed by atoms with Crippen LogP contribution in [0.25, 0.3) is 11.1 Å². The van der Waals surface area contributed by atoms with Crippen LogP contribution in [0.1, 0.15) is 0 Å². The molecule has 1 aromatic heterocycles. The van der Waals surface area contributed by atoms with Crippen molar-refractivity contribution in [2.75, 3.05) is 31.2 Å². The minimum absolute atomic E-state index is 0.350. The second-order valence-electron chi connectivity index (χ2n) is 4.56. The molecule has 0 radical (unpaired) electrons. The Labute approximate surface area is 141 Å². The summed E-state index contributed by atoms with van der Waals surface area (Å²) in [5, 5.41) is 0.701. The maximum absolute atomic E-state index is 6.35. The van der Waals surface area contributed by atoms with Crippen molar-refractivity contribution in [1.29, 1.82) is 0 Å². The molecule has 110 valence electrons. The van der Waals surface area contributed by atoms with Crippen molar-refractivity contribution < 1.29 is 4.74 Å². The quantitative estimate of drug-likeness (QED) is 0.727. The molecule has 0 saturated carbocycles. The lowest BCUT2D eigenvalue weighted by Crippen LogP contribution is -2.37. The average molecular weight is 389 g/mol. The van der Waals surface area contributed by atoms with Crippen molar-refractivity contribution in [2.24, 2.45) is 0 Å². The van der Waals surface area contributed by atoms with Crippen LogP contribution in [-0.2, 0) is 4.74 Å². The molecule has 0 N–H and O–H groups in total. The highest BCUT2D eigenvalue weighted by Gasteiger charge is 2.20. The maximum Gasteiger partial charge on any atom is 0.228 e. The molecule has 7 heteroatoms. The van der Waals surface area contributed by atoms with E-state index in [1.807, 2.05) is 29.2 Å². The van der Waals surface area contributed by atoms with Gasteiger partial charge in [0.2, 0.25) is 5.95 Å². The number of hydrogen-bond donors (Lipinski definition) is 0. The van der Waals surface area contributed by atoms with Gasteiger partial charge in [-0.2, -0.15) is 0 Å². The third kappa shape index (κ3) is 3.16. The van der Waals surface area contributed by atoms with Gasteiger partial charge in [-0.3, -0.25) is 0 Å². The summed E-state index contributed by atoms with van der Waals surface area (Å²) in [6.07, 6.45) is 0. The van der Waals surface area contributed by atoms with Gasteiger partial charge in [-0.1, -0.05) is 57.3 Å². The highest BCUT2D eigenvalue weighted by atomic mass is 79.9. The average Bonchev–Trinajstić information content (AvgIpc) is 2.49. The van der Waals surface area contributed by atoms with Crippen LogP contribution in [0.15, 0.2) is 28.7 Å². The molecule has 0 unspecified atom stereocenters. The first-order valence-corrected chi connectivity index (χ1v) is 8.02. The lowest BCUT2D eigenvalue weighted by atomic mass is 10.1. The zero-order valence-corrected chi connectivity index (χ0v) is 14.1. The van der Waals surface area contributed by atoms with Gasteiger partial charge in [0.1, 0.15) is 10.3 Å². The number of hydrogen-bond acceptors (Lipinski definition) is 4. The summed E-state index contributed by atoms with van der Waals surface area (Å²) < 4.78 is 6.22. The molecule has 0 amide bonds. The van der Waals surface area contributed by atoms with Gasteiger partial charge in [0.25, 0.3) is 0 Å². The number of morpholine rings is 1. The van der Waals surface area contributed by atoms with E-state index in [1.54, 1.807) is 0 Å². The Morgan fingerprint density at radius 3 is 2.29 bits per heavy atom. The zero-order valence-electron chi connectivity index (χ0n) is 11.0. The third-order valence-corrected chi connectivity index (χ3v) is 4.48. The topological polar surface area (TPSA) is 38.2 Å². The van der Waals surface area contributed by atoms with Gasteiger partial charge in [-0.05, 0) is 6.07 Å². The number of anilines is 1. The predicted molar refractivity (Wildman–Crippen MR) is 88.2 cm³/mol. The fourth-order valence-electron chi connectivity index (χ4n) is 2.19. The monoisotopic (exact) mass is 387 g/mol. The highest BCUT2D eigenvalue weighted by Crippen LogP contribution is 2.37. The number of nitrogens with zero attached hydrogens (tertiary/aromatic N) is 3. The Bertz CT molecular complexity index is 639. The van der Waals surface area contributed by atoms with Crippen molar-refractivity contribution in [1.82, 2.24) is 9.97 Å². The first-order chi connectivity index (χ1) is 10.2. The van der Waals surface area contributed by atoms with Gasteiger partial charge in [-0.15, -0.1) is 0 Å². The molecule has 21 heavy (non-hydrogen) atoms. The molecule has 1 aliphatic rings. The van der Waals surface area contributed by atoms with Crippen LogP contribution < -0.4 is 4.90 Å². The fraction of sp³-hybridized carbons (Fsp3) is 0.286. The van der Waals surface area contributed by atoms with E-state index in [2.05, 4.69) is 25.9 Å². The normalized spacial score (nSPS) is 15.3. The zero-order chi connectivity index (χ0) is 14.8. The van der Waals surface area contributed by atoms with Crippen molar-refractivity contribution in [3.05, 3.63) is 39.0 Å². The number of aromatic nitrogens is 2. The van der Waals surface area contributed by atoms with Crippen LogP contribution in [0.4, 0.5) is 5.95 Å². The first kappa shape index (κ1) is 15.0. The Morgan fingerprint density at radius 1 is 1.05 bits per heavy atom. The van der Waals surface area contributed by atoms with Gasteiger partial charge in [0, 0.05) is 23.1 Å². The van der Waals surface area contributed by atoms with E-state index in [9.17, 15) is 0 Å². The number of benzene rings is 1. The van der Waals surface area contributed by atoms with E-state index in [4.69, 9.17) is 27.9 Å². The van der Waals surface area contributed by atoms with E-state index in [0.29, 0.717) is 35.0 Å². The van der Waals surface area contributed by atoms with Gasteiger partial charge < -0.3 is 9.64 Å². The number of rotatable bonds is 2. The molecule has 2 aromatic rings. The lowest BCUT2D eigenvalue weighted by Gasteiger charge is -2.27. The predicted octanol–water partition coefficient (Wildman–Crippen LogP) is 4.05. The van der Waals surface area contributed by atoms with Crippen LogP contribution in [-0.4, -0.2) is 36.3 Å². The van der Waals surface area contributed by atoms with Gasteiger partial charge >= 0.3 is 0 Å². The minimum Gasteiger partial charge on any atom is -0.378 e. The molecule has 1 aliphatic heterocycles. The molecule has 1 saturated heterocycles. The second kappa shape index (κ2) is 6.48. The lowest BCUT2D eigenvalue weighted by molar-refractivity contribution is 0.122. The van der Waals surface area contributed by atoms with Crippen LogP contribution in [0, 0.1) is 0 Å². The summed E-state index contributed by atoms with van der Waals surface area (Å²) >= 11 is 16.2. The van der Waals surface area contributed by atoms with Crippen molar-refractivity contribution in [2.45, 2.75) is 0 Å². The van der Waals surface area contributed by atoms with Crippen molar-refractivity contribution in [3.8, 4) is 11.1 Å². The second-order valence-corrected chi connectivity index (χ2v) is 6.13. The van der Waals surface area contributed by atoms with E-state index in [-0.39, 0.29) is 0 Å². The molecule has 0 aliphatic carbocycles. The summed E-state index contributed by atoms with van der Waals surface area (Å²) in [4.78, 5) is 10.8. The van der Waals surface area contributed by atoms with E-state index >= 15 is 0 Å². The summed E-state index contributed by atoms with van der Waals surface area (Å²) in [6.45, 7) is 2.79. The van der Waals surface area contributed by atoms with Crippen LogP contribution in [0.5, 0.6) is 0 Å². The minimum atomic E-state index is 0.350. The molecule has 1 aromatic carbocycles. The van der Waals surface area contributed by atoms with Crippen LogP contribution >= 0.6 is 39.1 Å². The molecule has 0 bridgehead atoms. The van der Waals surface area contributed by atoms with Gasteiger partial charge in [0.05, 0.1) is 18.8 Å². The Morgan fingerprint density at radius 2 is 1.67 bits per heavy atom. The molecule has 2 heterocycles. The SMILES string of the molecule is Clc1nc(N2CCOCC2)nc(Cl)c1-c1ccccc1Br. The first-order valence-electron chi connectivity index (χ1n) is 6.47. The molecule has 0 spiro atoms. The summed E-state index contributed by atoms with van der Waals surface area (Å²) in [6, 6.07) is 7.70. The van der Waals surface area contributed by atoms with Crippen LogP contribution in [0.2, 0.25) is 10.3 Å². The third-order valence-electron chi connectivity index (χ3n) is 3.25. The highest BCUT2D eigenvalue weighted by molar-refractivity contribution is 9.10. The number of halogens is 3. The summed E-state index contributed by atoms with van der Waals surface area (Å²) in [7, 11) is 0. The summed E-state index contributed by atoms with van der Waals surface area (Å²) in [5.74, 6) is 0.545. The Hall–Kier alpha value is -0.880. The van der Waals surface area contributed by atoms with Gasteiger partial charge in [-0.25, -0.2) is 9.97 Å².